The molecule has 0 radical (unpaired) electrons. The summed E-state index contributed by atoms with van der Waals surface area (Å²) in [5.74, 6) is 0.266. The van der Waals surface area contributed by atoms with Gasteiger partial charge in [0, 0.05) is 22.7 Å². The molecule has 1 aromatic carbocycles. The molecule has 0 atom stereocenters. The second kappa shape index (κ2) is 4.82. The number of rotatable bonds is 2. The van der Waals surface area contributed by atoms with Crippen molar-refractivity contribution in [1.82, 2.24) is 15.2 Å². The summed E-state index contributed by atoms with van der Waals surface area (Å²) >= 11 is 6.34. The molecule has 100 valence electrons. The standard InChI is InChI=1S/C13H9ClN4O2/c14-12-8(2-3-10-9(12)6-16-18-10)7-1-4-11(15-5-7)17-13(19)20/h1-6H,(H,15,17)(H,16,18)(H,19,20). The number of hydrogen-bond donors (Lipinski definition) is 3. The second-order valence-electron chi connectivity index (χ2n) is 4.12. The summed E-state index contributed by atoms with van der Waals surface area (Å²) in [6, 6.07) is 7.09. The number of halogens is 1. The summed E-state index contributed by atoms with van der Waals surface area (Å²) in [5.41, 5.74) is 2.47. The number of fused-ring (bicyclic) bond motifs is 1. The molecule has 20 heavy (non-hydrogen) atoms. The Kier molecular flexibility index (Phi) is 3.00. The van der Waals surface area contributed by atoms with E-state index >= 15 is 0 Å². The number of hydrogen-bond acceptors (Lipinski definition) is 3. The van der Waals surface area contributed by atoms with Crippen LogP contribution in [0, 0.1) is 0 Å². The van der Waals surface area contributed by atoms with E-state index in [1.54, 1.807) is 24.5 Å². The predicted molar refractivity (Wildman–Crippen MR) is 76.0 cm³/mol. The van der Waals surface area contributed by atoms with Gasteiger partial charge in [0.1, 0.15) is 5.82 Å². The lowest BCUT2D eigenvalue weighted by Crippen LogP contribution is -2.08. The van der Waals surface area contributed by atoms with Gasteiger partial charge in [-0.1, -0.05) is 17.7 Å². The fourth-order valence-electron chi connectivity index (χ4n) is 1.94. The zero-order chi connectivity index (χ0) is 14.1. The molecule has 0 saturated carbocycles. The number of carbonyl (C=O) groups is 1. The van der Waals surface area contributed by atoms with Crippen LogP contribution >= 0.6 is 11.6 Å². The number of carboxylic acid groups (broad SMARTS) is 1. The Hall–Kier alpha value is -2.60. The van der Waals surface area contributed by atoms with Gasteiger partial charge in [-0.2, -0.15) is 5.10 Å². The lowest BCUT2D eigenvalue weighted by Gasteiger charge is -2.06. The molecule has 0 bridgehead atoms. The lowest BCUT2D eigenvalue weighted by molar-refractivity contribution is 0.209. The van der Waals surface area contributed by atoms with Gasteiger partial charge < -0.3 is 5.11 Å². The van der Waals surface area contributed by atoms with Crippen LogP contribution in [0.3, 0.4) is 0 Å². The molecule has 2 aromatic heterocycles. The zero-order valence-corrected chi connectivity index (χ0v) is 10.8. The molecule has 1 amide bonds. The molecule has 3 rings (SSSR count). The van der Waals surface area contributed by atoms with Gasteiger partial charge in [0.15, 0.2) is 0 Å². The molecule has 6 nitrogen and oxygen atoms in total. The summed E-state index contributed by atoms with van der Waals surface area (Å²) in [6.07, 6.45) is 2.08. The Bertz CT molecular complexity index is 783. The highest BCUT2D eigenvalue weighted by molar-refractivity contribution is 6.38. The van der Waals surface area contributed by atoms with Crippen molar-refractivity contribution in [1.29, 1.82) is 0 Å². The van der Waals surface area contributed by atoms with Crippen molar-refractivity contribution in [3.05, 3.63) is 41.7 Å². The number of nitrogens with zero attached hydrogens (tertiary/aromatic N) is 2. The number of nitrogens with one attached hydrogen (secondary N) is 2. The normalized spacial score (nSPS) is 10.7. The quantitative estimate of drug-likeness (QED) is 0.674. The van der Waals surface area contributed by atoms with Gasteiger partial charge in [-0.3, -0.25) is 10.4 Å². The van der Waals surface area contributed by atoms with E-state index in [9.17, 15) is 4.79 Å². The molecule has 0 saturated heterocycles. The van der Waals surface area contributed by atoms with Crippen LogP contribution in [0.25, 0.3) is 22.0 Å². The number of aromatic nitrogens is 3. The van der Waals surface area contributed by atoms with E-state index in [0.29, 0.717) is 5.02 Å². The Balaban J connectivity index is 2.02. The van der Waals surface area contributed by atoms with Crippen molar-refractivity contribution in [2.75, 3.05) is 5.32 Å². The largest absolute Gasteiger partial charge is 0.465 e. The van der Waals surface area contributed by atoms with Crippen LogP contribution in [0.2, 0.25) is 5.02 Å². The fraction of sp³-hybridized carbons (Fsp3) is 0. The van der Waals surface area contributed by atoms with Crippen molar-refractivity contribution < 1.29 is 9.90 Å². The van der Waals surface area contributed by atoms with Gasteiger partial charge in [-0.15, -0.1) is 0 Å². The maximum atomic E-state index is 10.5. The van der Waals surface area contributed by atoms with Gasteiger partial charge >= 0.3 is 6.09 Å². The van der Waals surface area contributed by atoms with E-state index in [0.717, 1.165) is 22.0 Å². The molecule has 3 aromatic rings. The van der Waals surface area contributed by atoms with Crippen LogP contribution in [0.1, 0.15) is 0 Å². The average Bonchev–Trinajstić information content (AvgIpc) is 2.89. The third-order valence-corrected chi connectivity index (χ3v) is 3.28. The highest BCUT2D eigenvalue weighted by Gasteiger charge is 2.09. The highest BCUT2D eigenvalue weighted by Crippen LogP contribution is 2.33. The molecule has 0 aliphatic carbocycles. The summed E-state index contributed by atoms with van der Waals surface area (Å²) in [7, 11) is 0. The number of pyridine rings is 1. The van der Waals surface area contributed by atoms with Crippen LogP contribution in [0.5, 0.6) is 0 Å². The number of amides is 1. The molecule has 0 aliphatic rings. The molecule has 0 fully saturated rings. The van der Waals surface area contributed by atoms with Crippen LogP contribution in [0.4, 0.5) is 10.6 Å². The molecule has 7 heteroatoms. The fourth-order valence-corrected chi connectivity index (χ4v) is 2.27. The van der Waals surface area contributed by atoms with Crippen molar-refractivity contribution in [2.24, 2.45) is 0 Å². The minimum Gasteiger partial charge on any atom is -0.465 e. The molecular formula is C13H9ClN4O2. The maximum Gasteiger partial charge on any atom is 0.410 e. The Morgan fingerprint density at radius 2 is 2.10 bits per heavy atom. The second-order valence-corrected chi connectivity index (χ2v) is 4.50. The smallest absolute Gasteiger partial charge is 0.410 e. The van der Waals surface area contributed by atoms with Crippen molar-refractivity contribution in [3.8, 4) is 11.1 Å². The van der Waals surface area contributed by atoms with Crippen LogP contribution < -0.4 is 5.32 Å². The predicted octanol–water partition coefficient (Wildman–Crippen LogP) is 3.37. The first kappa shape index (κ1) is 12.4. The molecule has 0 unspecified atom stereocenters. The SMILES string of the molecule is O=C(O)Nc1ccc(-c2ccc3[nH]ncc3c2Cl)cn1. The van der Waals surface area contributed by atoms with Gasteiger partial charge in [0.2, 0.25) is 0 Å². The zero-order valence-electron chi connectivity index (χ0n) is 10.1. The summed E-state index contributed by atoms with van der Waals surface area (Å²) in [4.78, 5) is 14.5. The van der Waals surface area contributed by atoms with Crippen LogP contribution in [-0.2, 0) is 0 Å². The van der Waals surface area contributed by atoms with Crippen molar-refractivity contribution >= 4 is 34.4 Å². The number of anilines is 1. The number of H-pyrrole nitrogens is 1. The van der Waals surface area contributed by atoms with Gasteiger partial charge in [0.05, 0.1) is 16.7 Å². The van der Waals surface area contributed by atoms with Gasteiger partial charge in [0.25, 0.3) is 0 Å². The van der Waals surface area contributed by atoms with E-state index in [1.165, 1.54) is 0 Å². The number of aromatic amines is 1. The molecule has 3 N–H and O–H groups in total. The van der Waals surface area contributed by atoms with E-state index in [1.807, 2.05) is 12.1 Å². The Morgan fingerprint density at radius 1 is 1.25 bits per heavy atom. The van der Waals surface area contributed by atoms with Crippen LogP contribution in [0.15, 0.2) is 36.7 Å². The van der Waals surface area contributed by atoms with E-state index in [4.69, 9.17) is 16.7 Å². The average molecular weight is 289 g/mol. The summed E-state index contributed by atoms with van der Waals surface area (Å²) in [6.45, 7) is 0. The van der Waals surface area contributed by atoms with E-state index in [2.05, 4.69) is 20.5 Å². The minimum absolute atomic E-state index is 0.266. The first-order chi connectivity index (χ1) is 9.65. The number of benzene rings is 1. The first-order valence-electron chi connectivity index (χ1n) is 5.73. The van der Waals surface area contributed by atoms with E-state index < -0.39 is 6.09 Å². The van der Waals surface area contributed by atoms with Crippen LogP contribution in [-0.4, -0.2) is 26.4 Å². The molecular weight excluding hydrogens is 280 g/mol. The first-order valence-corrected chi connectivity index (χ1v) is 6.11. The van der Waals surface area contributed by atoms with Crippen molar-refractivity contribution in [3.63, 3.8) is 0 Å². The summed E-state index contributed by atoms with van der Waals surface area (Å²) < 4.78 is 0. The van der Waals surface area contributed by atoms with E-state index in [-0.39, 0.29) is 5.82 Å². The molecule has 0 aliphatic heterocycles. The third kappa shape index (κ3) is 2.17. The third-order valence-electron chi connectivity index (χ3n) is 2.87. The Labute approximate surface area is 118 Å². The van der Waals surface area contributed by atoms with Crippen molar-refractivity contribution in [2.45, 2.75) is 0 Å². The molecule has 0 spiro atoms. The highest BCUT2D eigenvalue weighted by atomic mass is 35.5. The van der Waals surface area contributed by atoms with Gasteiger partial charge in [-0.25, -0.2) is 9.78 Å². The monoisotopic (exact) mass is 288 g/mol. The Morgan fingerprint density at radius 3 is 2.80 bits per heavy atom. The molecule has 2 heterocycles. The van der Waals surface area contributed by atoms with Gasteiger partial charge in [-0.05, 0) is 18.2 Å². The maximum absolute atomic E-state index is 10.5. The topological polar surface area (TPSA) is 90.9 Å². The lowest BCUT2D eigenvalue weighted by atomic mass is 10.1. The summed E-state index contributed by atoms with van der Waals surface area (Å²) in [5, 5.41) is 19.0. The minimum atomic E-state index is -1.15.